The molecule has 150 valence electrons. The minimum Gasteiger partial charge on any atom is -0.497 e. The number of nitrogens with zero attached hydrogens (tertiary/aromatic N) is 2. The quantitative estimate of drug-likeness (QED) is 0.325. The highest BCUT2D eigenvalue weighted by Crippen LogP contribution is 2.21. The van der Waals surface area contributed by atoms with Gasteiger partial charge < -0.3 is 20.3 Å². The Balaban J connectivity index is 0.00000625. The molecule has 0 radical (unpaired) electrons. The Bertz CT molecular complexity index is 529. The molecule has 6 heteroatoms. The maximum absolute atomic E-state index is 5.21. The van der Waals surface area contributed by atoms with Gasteiger partial charge in [0.25, 0.3) is 0 Å². The SMILES string of the molecule is CN=C(NCCC(C)c1ccc(OC)cc1)NCC(C)(C)CN(C)C.I. The Morgan fingerprint density at radius 2 is 1.81 bits per heavy atom. The number of aliphatic imine (C=N–C) groups is 1. The zero-order chi connectivity index (χ0) is 18.9. The highest BCUT2D eigenvalue weighted by molar-refractivity contribution is 14.0. The first-order valence-electron chi connectivity index (χ1n) is 9.00. The van der Waals surface area contributed by atoms with Gasteiger partial charge in [0.2, 0.25) is 0 Å². The summed E-state index contributed by atoms with van der Waals surface area (Å²) < 4.78 is 5.21. The second kappa shape index (κ2) is 12.4. The van der Waals surface area contributed by atoms with Crippen LogP contribution in [0.2, 0.25) is 0 Å². The van der Waals surface area contributed by atoms with E-state index in [1.165, 1.54) is 5.56 Å². The molecule has 1 atom stereocenters. The van der Waals surface area contributed by atoms with Crippen molar-refractivity contribution in [1.82, 2.24) is 15.5 Å². The van der Waals surface area contributed by atoms with Gasteiger partial charge in [0.1, 0.15) is 5.75 Å². The molecule has 26 heavy (non-hydrogen) atoms. The number of guanidine groups is 1. The van der Waals surface area contributed by atoms with Crippen LogP contribution in [0.15, 0.2) is 29.3 Å². The molecule has 5 nitrogen and oxygen atoms in total. The summed E-state index contributed by atoms with van der Waals surface area (Å²) in [5.74, 6) is 2.26. The molecule has 0 aromatic heterocycles. The minimum atomic E-state index is 0. The Morgan fingerprint density at radius 1 is 1.19 bits per heavy atom. The molecular formula is C20H37IN4O. The molecule has 0 saturated heterocycles. The first-order valence-corrected chi connectivity index (χ1v) is 9.00. The molecule has 0 spiro atoms. The van der Waals surface area contributed by atoms with Crippen molar-refractivity contribution in [3.63, 3.8) is 0 Å². The minimum absolute atomic E-state index is 0. The largest absolute Gasteiger partial charge is 0.497 e. The van der Waals surface area contributed by atoms with Crippen molar-refractivity contribution in [3.8, 4) is 5.75 Å². The van der Waals surface area contributed by atoms with E-state index in [9.17, 15) is 0 Å². The van der Waals surface area contributed by atoms with Crippen molar-refractivity contribution in [2.24, 2.45) is 10.4 Å². The summed E-state index contributed by atoms with van der Waals surface area (Å²) in [6.07, 6.45) is 1.05. The van der Waals surface area contributed by atoms with Crippen LogP contribution in [0.3, 0.4) is 0 Å². The van der Waals surface area contributed by atoms with Gasteiger partial charge in [-0.15, -0.1) is 24.0 Å². The molecule has 2 N–H and O–H groups in total. The van der Waals surface area contributed by atoms with Crippen LogP contribution in [0.4, 0.5) is 0 Å². The van der Waals surface area contributed by atoms with Gasteiger partial charge >= 0.3 is 0 Å². The third kappa shape index (κ3) is 9.62. The van der Waals surface area contributed by atoms with E-state index >= 15 is 0 Å². The first kappa shape index (κ1) is 25.0. The number of halogens is 1. The van der Waals surface area contributed by atoms with Gasteiger partial charge in [0, 0.05) is 26.7 Å². The maximum atomic E-state index is 5.21. The van der Waals surface area contributed by atoms with Gasteiger partial charge in [0.15, 0.2) is 5.96 Å². The predicted octanol–water partition coefficient (Wildman–Crippen LogP) is 3.56. The average molecular weight is 476 g/mol. The summed E-state index contributed by atoms with van der Waals surface area (Å²) in [5.41, 5.74) is 1.52. The number of methoxy groups -OCH3 is 1. The zero-order valence-electron chi connectivity index (χ0n) is 17.4. The van der Waals surface area contributed by atoms with Crippen LogP contribution in [0, 0.1) is 5.41 Å². The van der Waals surface area contributed by atoms with Gasteiger partial charge in [-0.25, -0.2) is 0 Å². The van der Waals surface area contributed by atoms with E-state index in [0.29, 0.717) is 5.92 Å². The van der Waals surface area contributed by atoms with E-state index in [4.69, 9.17) is 4.74 Å². The molecule has 0 fully saturated rings. The summed E-state index contributed by atoms with van der Waals surface area (Å²) in [6, 6.07) is 8.32. The Labute approximate surface area is 177 Å². The van der Waals surface area contributed by atoms with E-state index in [1.807, 2.05) is 19.2 Å². The molecule has 0 amide bonds. The Kier molecular flexibility index (Phi) is 11.9. The van der Waals surface area contributed by atoms with Crippen LogP contribution < -0.4 is 15.4 Å². The van der Waals surface area contributed by atoms with Crippen molar-refractivity contribution in [3.05, 3.63) is 29.8 Å². The van der Waals surface area contributed by atoms with E-state index in [-0.39, 0.29) is 29.4 Å². The molecule has 0 aliphatic carbocycles. The summed E-state index contributed by atoms with van der Waals surface area (Å²) in [5, 5.41) is 6.86. The topological polar surface area (TPSA) is 48.9 Å². The molecule has 0 bridgehead atoms. The summed E-state index contributed by atoms with van der Waals surface area (Å²) >= 11 is 0. The van der Waals surface area contributed by atoms with Crippen molar-refractivity contribution in [2.75, 3.05) is 47.9 Å². The van der Waals surface area contributed by atoms with Crippen LogP contribution in [-0.2, 0) is 0 Å². The monoisotopic (exact) mass is 476 g/mol. The fourth-order valence-corrected chi connectivity index (χ4v) is 2.96. The first-order chi connectivity index (χ1) is 11.8. The molecule has 1 aromatic carbocycles. The molecule has 0 heterocycles. The fraction of sp³-hybridized carbons (Fsp3) is 0.650. The van der Waals surface area contributed by atoms with Crippen molar-refractivity contribution in [2.45, 2.75) is 33.1 Å². The molecule has 1 aromatic rings. The molecule has 1 unspecified atom stereocenters. The lowest BCUT2D eigenvalue weighted by molar-refractivity contribution is 0.241. The van der Waals surface area contributed by atoms with Crippen LogP contribution in [0.1, 0.15) is 38.7 Å². The smallest absolute Gasteiger partial charge is 0.190 e. The number of rotatable bonds is 9. The van der Waals surface area contributed by atoms with Crippen LogP contribution in [0.25, 0.3) is 0 Å². The predicted molar refractivity (Wildman–Crippen MR) is 123 cm³/mol. The Hall–Kier alpha value is -1.02. The number of hydrogen-bond donors (Lipinski definition) is 2. The van der Waals surface area contributed by atoms with Gasteiger partial charge in [-0.2, -0.15) is 0 Å². The van der Waals surface area contributed by atoms with Crippen LogP contribution in [-0.4, -0.2) is 58.7 Å². The number of nitrogens with one attached hydrogen (secondary N) is 2. The lowest BCUT2D eigenvalue weighted by atomic mass is 9.93. The van der Waals surface area contributed by atoms with E-state index < -0.39 is 0 Å². The van der Waals surface area contributed by atoms with E-state index in [0.717, 1.165) is 37.8 Å². The molecular weight excluding hydrogens is 439 g/mol. The standard InChI is InChI=1S/C20H36N4O.HI/c1-16(17-8-10-18(25-7)11-9-17)12-13-22-19(21-4)23-14-20(2,3)15-24(5)6;/h8-11,16H,12-15H2,1-7H3,(H2,21,22,23);1H. The highest BCUT2D eigenvalue weighted by Gasteiger charge is 2.19. The van der Waals surface area contributed by atoms with Crippen LogP contribution >= 0.6 is 24.0 Å². The maximum Gasteiger partial charge on any atom is 0.190 e. The third-order valence-electron chi connectivity index (χ3n) is 4.26. The summed E-state index contributed by atoms with van der Waals surface area (Å²) in [7, 11) is 7.73. The van der Waals surface area contributed by atoms with Gasteiger partial charge in [-0.3, -0.25) is 4.99 Å². The fourth-order valence-electron chi connectivity index (χ4n) is 2.96. The van der Waals surface area contributed by atoms with E-state index in [1.54, 1.807) is 7.11 Å². The molecule has 0 aliphatic rings. The summed E-state index contributed by atoms with van der Waals surface area (Å²) in [4.78, 5) is 6.54. The number of ether oxygens (including phenoxy) is 1. The normalized spacial score (nSPS) is 13.2. The zero-order valence-corrected chi connectivity index (χ0v) is 19.8. The highest BCUT2D eigenvalue weighted by atomic mass is 127. The van der Waals surface area contributed by atoms with Gasteiger partial charge in [-0.1, -0.05) is 32.9 Å². The number of benzene rings is 1. The average Bonchev–Trinajstić information content (AvgIpc) is 2.56. The molecule has 0 aliphatic heterocycles. The number of hydrogen-bond acceptors (Lipinski definition) is 3. The van der Waals surface area contributed by atoms with Crippen LogP contribution in [0.5, 0.6) is 5.75 Å². The second-order valence-electron chi connectivity index (χ2n) is 7.72. The summed E-state index contributed by atoms with van der Waals surface area (Å²) in [6.45, 7) is 9.59. The lowest BCUT2D eigenvalue weighted by Gasteiger charge is -2.29. The van der Waals surface area contributed by atoms with E-state index in [2.05, 4.69) is 67.5 Å². The van der Waals surface area contributed by atoms with Crippen molar-refractivity contribution < 1.29 is 4.74 Å². The molecule has 0 saturated carbocycles. The lowest BCUT2D eigenvalue weighted by Crippen LogP contribution is -2.45. The third-order valence-corrected chi connectivity index (χ3v) is 4.26. The van der Waals surface area contributed by atoms with Gasteiger partial charge in [0.05, 0.1) is 7.11 Å². The second-order valence-corrected chi connectivity index (χ2v) is 7.72. The molecule has 1 rings (SSSR count). The Morgan fingerprint density at radius 3 is 2.31 bits per heavy atom. The van der Waals surface area contributed by atoms with Crippen molar-refractivity contribution >= 4 is 29.9 Å². The van der Waals surface area contributed by atoms with Gasteiger partial charge in [-0.05, 0) is 49.5 Å². The van der Waals surface area contributed by atoms with Crippen molar-refractivity contribution in [1.29, 1.82) is 0 Å².